The highest BCUT2D eigenvalue weighted by Crippen LogP contribution is 2.19. The van der Waals surface area contributed by atoms with Gasteiger partial charge < -0.3 is 15.5 Å². The standard InChI is InChI=1S/C68H135NO3/c1-3-5-7-9-11-13-15-17-19-21-23-25-27-29-30-31-32-33-34-35-36-37-38-40-42-44-46-48-50-52-54-56-58-60-62-64-68(72)69-66(65-70)67(71)63-61-59-57-55-53-51-49-47-45-43-41-39-28-26-24-22-20-18-16-14-12-10-8-6-4-2/h61,63,66-67,70-71H,3-60,62,64-65H2,1-2H3,(H,69,72)/b63-61+. The lowest BCUT2D eigenvalue weighted by Crippen LogP contribution is -2.45. The Labute approximate surface area is 454 Å². The molecule has 0 rings (SSSR count). The van der Waals surface area contributed by atoms with Crippen LogP contribution in [0.1, 0.15) is 399 Å². The van der Waals surface area contributed by atoms with Gasteiger partial charge in [0.15, 0.2) is 0 Å². The molecular weight excluding hydrogens is 879 g/mol. The lowest BCUT2D eigenvalue weighted by Gasteiger charge is -2.20. The first-order valence-electron chi connectivity index (χ1n) is 33.9. The van der Waals surface area contributed by atoms with Gasteiger partial charge >= 0.3 is 0 Å². The highest BCUT2D eigenvalue weighted by Gasteiger charge is 2.18. The van der Waals surface area contributed by atoms with Crippen molar-refractivity contribution >= 4 is 5.91 Å². The summed E-state index contributed by atoms with van der Waals surface area (Å²) in [6.45, 7) is 4.37. The van der Waals surface area contributed by atoms with Gasteiger partial charge in [0.25, 0.3) is 0 Å². The molecule has 0 radical (unpaired) electrons. The van der Waals surface area contributed by atoms with Gasteiger partial charge in [-0.05, 0) is 19.3 Å². The molecule has 0 heterocycles. The molecule has 0 bridgehead atoms. The highest BCUT2D eigenvalue weighted by atomic mass is 16.3. The van der Waals surface area contributed by atoms with Crippen LogP contribution in [0.3, 0.4) is 0 Å². The number of carbonyl (C=O) groups is 1. The molecule has 3 N–H and O–H groups in total. The third kappa shape index (κ3) is 60.0. The summed E-state index contributed by atoms with van der Waals surface area (Å²) in [5.74, 6) is -0.0534. The lowest BCUT2D eigenvalue weighted by molar-refractivity contribution is -0.123. The zero-order valence-electron chi connectivity index (χ0n) is 49.7. The van der Waals surface area contributed by atoms with E-state index in [-0.39, 0.29) is 12.5 Å². The molecule has 0 aromatic carbocycles. The Morgan fingerprint density at radius 3 is 0.722 bits per heavy atom. The summed E-state index contributed by atoms with van der Waals surface area (Å²) >= 11 is 0. The monoisotopic (exact) mass is 1010 g/mol. The fraction of sp³-hybridized carbons (Fsp3) is 0.956. The van der Waals surface area contributed by atoms with Crippen LogP contribution >= 0.6 is 0 Å². The van der Waals surface area contributed by atoms with Crippen LogP contribution in [0.4, 0.5) is 0 Å². The molecule has 0 aromatic heterocycles. The van der Waals surface area contributed by atoms with Crippen LogP contribution in [0, 0.1) is 0 Å². The molecular formula is C68H135NO3. The van der Waals surface area contributed by atoms with Crippen LogP contribution in [0.2, 0.25) is 0 Å². The normalized spacial score (nSPS) is 12.7. The second-order valence-corrected chi connectivity index (χ2v) is 23.6. The van der Waals surface area contributed by atoms with Crippen molar-refractivity contribution in [3.05, 3.63) is 12.2 Å². The fourth-order valence-corrected chi connectivity index (χ4v) is 11.1. The van der Waals surface area contributed by atoms with Gasteiger partial charge in [-0.2, -0.15) is 0 Å². The second kappa shape index (κ2) is 64.4. The maximum absolute atomic E-state index is 12.5. The maximum Gasteiger partial charge on any atom is 0.220 e. The first-order chi connectivity index (χ1) is 35.7. The molecule has 4 nitrogen and oxygen atoms in total. The molecule has 0 fully saturated rings. The molecule has 0 aromatic rings. The number of nitrogens with one attached hydrogen (secondary N) is 1. The van der Waals surface area contributed by atoms with Gasteiger partial charge in [-0.1, -0.05) is 386 Å². The molecule has 0 aliphatic rings. The zero-order chi connectivity index (χ0) is 52.0. The van der Waals surface area contributed by atoms with Crippen LogP contribution in [-0.2, 0) is 4.79 Å². The van der Waals surface area contributed by atoms with E-state index in [0.29, 0.717) is 6.42 Å². The third-order valence-corrected chi connectivity index (χ3v) is 16.3. The van der Waals surface area contributed by atoms with Crippen molar-refractivity contribution in [3.63, 3.8) is 0 Å². The fourth-order valence-electron chi connectivity index (χ4n) is 11.1. The largest absolute Gasteiger partial charge is 0.394 e. The summed E-state index contributed by atoms with van der Waals surface area (Å²) in [4.78, 5) is 12.5. The van der Waals surface area contributed by atoms with E-state index >= 15 is 0 Å². The van der Waals surface area contributed by atoms with Crippen LogP contribution < -0.4 is 5.32 Å². The first kappa shape index (κ1) is 71.1. The molecule has 0 saturated heterocycles. The molecule has 0 spiro atoms. The predicted octanol–water partition coefficient (Wildman–Crippen LogP) is 22.8. The van der Waals surface area contributed by atoms with Gasteiger partial charge in [0, 0.05) is 6.42 Å². The maximum atomic E-state index is 12.5. The predicted molar refractivity (Wildman–Crippen MR) is 323 cm³/mol. The smallest absolute Gasteiger partial charge is 0.220 e. The van der Waals surface area contributed by atoms with Gasteiger partial charge in [-0.15, -0.1) is 0 Å². The van der Waals surface area contributed by atoms with E-state index in [1.165, 1.54) is 353 Å². The summed E-state index contributed by atoms with van der Waals surface area (Å²) in [5, 5.41) is 23.3. The van der Waals surface area contributed by atoms with Crippen molar-refractivity contribution < 1.29 is 15.0 Å². The van der Waals surface area contributed by atoms with Gasteiger partial charge in [-0.25, -0.2) is 0 Å². The minimum atomic E-state index is -0.837. The van der Waals surface area contributed by atoms with Gasteiger partial charge in [0.1, 0.15) is 0 Å². The van der Waals surface area contributed by atoms with Gasteiger partial charge in [-0.3, -0.25) is 4.79 Å². The molecule has 4 heteroatoms. The van der Waals surface area contributed by atoms with E-state index in [4.69, 9.17) is 0 Å². The number of carbonyl (C=O) groups excluding carboxylic acids is 1. The van der Waals surface area contributed by atoms with Crippen LogP contribution in [0.15, 0.2) is 12.2 Å². The van der Waals surface area contributed by atoms with E-state index in [0.717, 1.165) is 25.7 Å². The van der Waals surface area contributed by atoms with E-state index in [1.54, 1.807) is 6.08 Å². The Bertz CT molecular complexity index is 1010. The molecule has 1 amide bonds. The minimum Gasteiger partial charge on any atom is -0.394 e. The van der Waals surface area contributed by atoms with E-state index in [2.05, 4.69) is 19.2 Å². The number of aliphatic hydroxyl groups excluding tert-OH is 2. The second-order valence-electron chi connectivity index (χ2n) is 23.6. The SMILES string of the molecule is CCCCCCCCCCCCCCCCCCCCCCCCC/C=C/C(O)C(CO)NC(=O)CCCCCCCCCCCCCCCCCCCCCCCCCCCCCCCCCCCCC. The van der Waals surface area contributed by atoms with E-state index < -0.39 is 12.1 Å². The summed E-state index contributed by atoms with van der Waals surface area (Å²) in [6.07, 6.45) is 85.8. The Morgan fingerprint density at radius 2 is 0.514 bits per heavy atom. The zero-order valence-corrected chi connectivity index (χ0v) is 49.7. The van der Waals surface area contributed by atoms with E-state index in [1.807, 2.05) is 6.08 Å². The Balaban J connectivity index is 3.39. The highest BCUT2D eigenvalue weighted by molar-refractivity contribution is 5.76. The number of rotatable bonds is 64. The molecule has 0 aliphatic heterocycles. The quantitative estimate of drug-likeness (QED) is 0.0420. The summed E-state index contributed by atoms with van der Waals surface area (Å²) in [7, 11) is 0. The molecule has 2 unspecified atom stereocenters. The average Bonchev–Trinajstić information content (AvgIpc) is 3.39. The Hall–Kier alpha value is -0.870. The van der Waals surface area contributed by atoms with Crippen LogP contribution in [0.25, 0.3) is 0 Å². The van der Waals surface area contributed by atoms with Crippen molar-refractivity contribution in [1.82, 2.24) is 5.32 Å². The first-order valence-corrected chi connectivity index (χ1v) is 33.9. The number of unbranched alkanes of at least 4 members (excludes halogenated alkanes) is 57. The van der Waals surface area contributed by atoms with Crippen LogP contribution in [-0.4, -0.2) is 34.9 Å². The minimum absolute atomic E-state index is 0.0534. The van der Waals surface area contributed by atoms with Crippen molar-refractivity contribution in [2.75, 3.05) is 6.61 Å². The average molecular weight is 1010 g/mol. The summed E-state index contributed by atoms with van der Waals surface area (Å²) in [5.41, 5.74) is 0. The number of amides is 1. The third-order valence-electron chi connectivity index (χ3n) is 16.3. The summed E-state index contributed by atoms with van der Waals surface area (Å²) in [6, 6.07) is -0.619. The molecule has 0 saturated carbocycles. The molecule has 0 aliphatic carbocycles. The Morgan fingerprint density at radius 1 is 0.319 bits per heavy atom. The molecule has 72 heavy (non-hydrogen) atoms. The lowest BCUT2D eigenvalue weighted by atomic mass is 10.0. The van der Waals surface area contributed by atoms with Crippen molar-refractivity contribution in [2.45, 2.75) is 411 Å². The number of aliphatic hydroxyl groups is 2. The number of allylic oxidation sites excluding steroid dienone is 1. The molecule has 430 valence electrons. The van der Waals surface area contributed by atoms with Crippen molar-refractivity contribution in [2.24, 2.45) is 0 Å². The topological polar surface area (TPSA) is 69.6 Å². The Kier molecular flexibility index (Phi) is 63.6. The van der Waals surface area contributed by atoms with Crippen molar-refractivity contribution in [3.8, 4) is 0 Å². The summed E-state index contributed by atoms with van der Waals surface area (Å²) < 4.78 is 0. The van der Waals surface area contributed by atoms with Gasteiger partial charge in [0.2, 0.25) is 5.91 Å². The van der Waals surface area contributed by atoms with E-state index in [9.17, 15) is 15.0 Å². The van der Waals surface area contributed by atoms with Crippen LogP contribution in [0.5, 0.6) is 0 Å². The number of hydrogen-bond acceptors (Lipinski definition) is 3. The van der Waals surface area contributed by atoms with Gasteiger partial charge in [0.05, 0.1) is 18.8 Å². The van der Waals surface area contributed by atoms with Crippen molar-refractivity contribution in [1.29, 1.82) is 0 Å². The molecule has 2 atom stereocenters. The number of hydrogen-bond donors (Lipinski definition) is 3.